The van der Waals surface area contributed by atoms with Crippen molar-refractivity contribution in [1.29, 1.82) is 0 Å². The number of halogens is 2. The van der Waals surface area contributed by atoms with Crippen LogP contribution in [0.25, 0.3) is 0 Å². The van der Waals surface area contributed by atoms with Crippen molar-refractivity contribution in [2.24, 2.45) is 11.3 Å². The van der Waals surface area contributed by atoms with Crippen LogP contribution in [0, 0.1) is 11.3 Å². The van der Waals surface area contributed by atoms with E-state index in [9.17, 15) is 8.42 Å². The summed E-state index contributed by atoms with van der Waals surface area (Å²) in [6, 6.07) is 5.10. The molecule has 1 N–H and O–H groups in total. The van der Waals surface area contributed by atoms with E-state index < -0.39 is 10.0 Å². The first-order chi connectivity index (χ1) is 8.56. The SMILES string of the molecule is CC(C)C(C)(C)CNS(=O)(=O)c1cc(Br)ccc1Br. The highest BCUT2D eigenvalue weighted by Gasteiger charge is 2.26. The molecule has 0 spiro atoms. The Bertz CT molecular complexity index is 554. The lowest BCUT2D eigenvalue weighted by molar-refractivity contribution is 0.252. The van der Waals surface area contributed by atoms with Gasteiger partial charge in [0.2, 0.25) is 10.0 Å². The van der Waals surface area contributed by atoms with E-state index >= 15 is 0 Å². The zero-order valence-corrected chi connectivity index (χ0v) is 15.5. The summed E-state index contributed by atoms with van der Waals surface area (Å²) < 4.78 is 28.6. The second-order valence-electron chi connectivity index (χ2n) is 5.54. The molecule has 0 aromatic heterocycles. The molecule has 0 bridgehead atoms. The molecule has 0 unspecified atom stereocenters. The fourth-order valence-corrected chi connectivity index (χ4v) is 3.97. The Morgan fingerprint density at radius 2 is 1.84 bits per heavy atom. The minimum atomic E-state index is -3.51. The van der Waals surface area contributed by atoms with Crippen molar-refractivity contribution >= 4 is 41.9 Å². The lowest BCUT2D eigenvalue weighted by Gasteiger charge is -2.29. The molecule has 19 heavy (non-hydrogen) atoms. The summed E-state index contributed by atoms with van der Waals surface area (Å²) in [7, 11) is -3.51. The van der Waals surface area contributed by atoms with Crippen LogP contribution in [0.3, 0.4) is 0 Å². The van der Waals surface area contributed by atoms with Gasteiger partial charge in [0.15, 0.2) is 0 Å². The number of rotatable bonds is 5. The average Bonchev–Trinajstić information content (AvgIpc) is 2.30. The van der Waals surface area contributed by atoms with Gasteiger partial charge in [0.05, 0.1) is 4.90 Å². The Balaban J connectivity index is 2.97. The van der Waals surface area contributed by atoms with E-state index in [1.165, 1.54) is 0 Å². The minimum absolute atomic E-state index is 0.0917. The molecule has 0 saturated carbocycles. The highest BCUT2D eigenvalue weighted by molar-refractivity contribution is 9.11. The Morgan fingerprint density at radius 3 is 2.37 bits per heavy atom. The third kappa shape index (κ3) is 4.55. The molecule has 1 rings (SSSR count). The molecule has 0 aliphatic carbocycles. The topological polar surface area (TPSA) is 46.2 Å². The van der Waals surface area contributed by atoms with Gasteiger partial charge in [0.25, 0.3) is 0 Å². The summed E-state index contributed by atoms with van der Waals surface area (Å²) in [5.74, 6) is 0.390. The molecule has 0 atom stereocenters. The van der Waals surface area contributed by atoms with Crippen LogP contribution in [0.2, 0.25) is 0 Å². The predicted octanol–water partition coefficient (Wildman–Crippen LogP) is 4.17. The standard InChI is InChI=1S/C13H19Br2NO2S/c1-9(2)13(3,4)8-16-19(17,18)12-7-10(14)5-6-11(12)15/h5-7,9,16H,8H2,1-4H3. The zero-order chi connectivity index (χ0) is 14.8. The Labute approximate surface area is 132 Å². The largest absolute Gasteiger partial charge is 0.241 e. The van der Waals surface area contributed by atoms with E-state index in [0.29, 0.717) is 16.9 Å². The Hall–Kier alpha value is 0.0900. The van der Waals surface area contributed by atoms with Gasteiger partial charge >= 0.3 is 0 Å². The van der Waals surface area contributed by atoms with Crippen LogP contribution < -0.4 is 4.72 Å². The van der Waals surface area contributed by atoms with E-state index in [2.05, 4.69) is 64.3 Å². The van der Waals surface area contributed by atoms with Crippen LogP contribution in [-0.4, -0.2) is 15.0 Å². The average molecular weight is 413 g/mol. The quantitative estimate of drug-likeness (QED) is 0.788. The van der Waals surface area contributed by atoms with Crippen LogP contribution >= 0.6 is 31.9 Å². The highest BCUT2D eigenvalue weighted by atomic mass is 79.9. The predicted molar refractivity (Wildman–Crippen MR) is 85.6 cm³/mol. The lowest BCUT2D eigenvalue weighted by Crippen LogP contribution is -2.37. The minimum Gasteiger partial charge on any atom is -0.211 e. The maximum Gasteiger partial charge on any atom is 0.241 e. The van der Waals surface area contributed by atoms with Gasteiger partial charge in [0, 0.05) is 15.5 Å². The summed E-state index contributed by atoms with van der Waals surface area (Å²) in [6.45, 7) is 8.69. The molecule has 0 amide bonds. The van der Waals surface area contributed by atoms with Crippen LogP contribution in [0.1, 0.15) is 27.7 Å². The maximum atomic E-state index is 12.3. The molecule has 6 heteroatoms. The molecule has 0 heterocycles. The summed E-state index contributed by atoms with van der Waals surface area (Å²) in [6.07, 6.45) is 0. The van der Waals surface area contributed by atoms with Gasteiger partial charge in [-0.25, -0.2) is 13.1 Å². The highest BCUT2D eigenvalue weighted by Crippen LogP contribution is 2.28. The molecule has 0 aliphatic heterocycles. The van der Waals surface area contributed by atoms with E-state index in [0.717, 1.165) is 4.47 Å². The third-order valence-electron chi connectivity index (χ3n) is 3.46. The summed E-state index contributed by atoms with van der Waals surface area (Å²) in [5.41, 5.74) is -0.0917. The fourth-order valence-electron chi connectivity index (χ4n) is 1.25. The van der Waals surface area contributed by atoms with Crippen molar-refractivity contribution in [3.63, 3.8) is 0 Å². The first-order valence-corrected chi connectivity index (χ1v) is 9.08. The van der Waals surface area contributed by atoms with Gasteiger partial charge in [-0.15, -0.1) is 0 Å². The van der Waals surface area contributed by atoms with Gasteiger partial charge in [-0.3, -0.25) is 0 Å². The zero-order valence-electron chi connectivity index (χ0n) is 11.5. The van der Waals surface area contributed by atoms with E-state index in [1.807, 2.05) is 0 Å². The molecule has 0 aliphatic rings. The number of hydrogen-bond donors (Lipinski definition) is 1. The molecular formula is C13H19Br2NO2S. The number of sulfonamides is 1. The van der Waals surface area contributed by atoms with Crippen molar-refractivity contribution in [3.8, 4) is 0 Å². The lowest BCUT2D eigenvalue weighted by atomic mass is 9.81. The van der Waals surface area contributed by atoms with Gasteiger partial charge in [-0.05, 0) is 45.5 Å². The smallest absolute Gasteiger partial charge is 0.211 e. The van der Waals surface area contributed by atoms with Crippen molar-refractivity contribution < 1.29 is 8.42 Å². The molecule has 0 radical (unpaired) electrons. The molecule has 0 saturated heterocycles. The first-order valence-electron chi connectivity index (χ1n) is 6.01. The third-order valence-corrected chi connectivity index (χ3v) is 6.35. The normalized spacial score (nSPS) is 13.0. The van der Waals surface area contributed by atoms with Crippen molar-refractivity contribution in [2.75, 3.05) is 6.54 Å². The van der Waals surface area contributed by atoms with Crippen LogP contribution in [0.4, 0.5) is 0 Å². The van der Waals surface area contributed by atoms with Gasteiger partial charge < -0.3 is 0 Å². The summed E-state index contributed by atoms with van der Waals surface area (Å²) in [4.78, 5) is 0.251. The molecule has 108 valence electrons. The number of benzene rings is 1. The van der Waals surface area contributed by atoms with E-state index in [-0.39, 0.29) is 10.3 Å². The first kappa shape index (κ1) is 17.1. The molecule has 1 aromatic carbocycles. The van der Waals surface area contributed by atoms with Gasteiger partial charge in [-0.1, -0.05) is 43.6 Å². The number of hydrogen-bond acceptors (Lipinski definition) is 2. The maximum absolute atomic E-state index is 12.3. The van der Waals surface area contributed by atoms with Gasteiger partial charge in [-0.2, -0.15) is 0 Å². The van der Waals surface area contributed by atoms with Crippen LogP contribution in [0.5, 0.6) is 0 Å². The van der Waals surface area contributed by atoms with Gasteiger partial charge in [0.1, 0.15) is 0 Å². The van der Waals surface area contributed by atoms with Crippen molar-refractivity contribution in [3.05, 3.63) is 27.1 Å². The Kier molecular flexibility index (Phi) is 5.63. The second-order valence-corrected chi connectivity index (χ2v) is 9.05. The van der Waals surface area contributed by atoms with E-state index in [1.54, 1.807) is 18.2 Å². The molecule has 3 nitrogen and oxygen atoms in total. The van der Waals surface area contributed by atoms with Crippen molar-refractivity contribution in [1.82, 2.24) is 4.72 Å². The molecule has 0 fully saturated rings. The summed E-state index contributed by atoms with van der Waals surface area (Å²) >= 11 is 6.57. The van der Waals surface area contributed by atoms with Crippen LogP contribution in [0.15, 0.2) is 32.0 Å². The fraction of sp³-hybridized carbons (Fsp3) is 0.538. The monoisotopic (exact) mass is 411 g/mol. The van der Waals surface area contributed by atoms with E-state index in [4.69, 9.17) is 0 Å². The molecule has 1 aromatic rings. The second kappa shape index (κ2) is 6.24. The molecular weight excluding hydrogens is 394 g/mol. The Morgan fingerprint density at radius 1 is 1.26 bits per heavy atom. The van der Waals surface area contributed by atoms with Crippen molar-refractivity contribution in [2.45, 2.75) is 32.6 Å². The summed E-state index contributed by atoms with van der Waals surface area (Å²) in [5, 5.41) is 0. The number of nitrogens with one attached hydrogen (secondary N) is 1. The van der Waals surface area contributed by atoms with Crippen LogP contribution in [-0.2, 0) is 10.0 Å².